The number of hydrogen-bond donors (Lipinski definition) is 1. The van der Waals surface area contributed by atoms with Crippen molar-refractivity contribution in [1.82, 2.24) is 5.32 Å². The summed E-state index contributed by atoms with van der Waals surface area (Å²) in [5.74, 6) is 0.974. The summed E-state index contributed by atoms with van der Waals surface area (Å²) in [4.78, 5) is 1.31. The number of nitrogens with one attached hydrogen (secondary N) is 1. The number of unbranched alkanes of at least 4 members (excludes halogenated alkanes) is 1. The van der Waals surface area contributed by atoms with Gasteiger partial charge in [0.25, 0.3) is 0 Å². The number of benzene rings is 1. The Balaban J connectivity index is 2.13. The number of ether oxygens (including phenoxy) is 1. The van der Waals surface area contributed by atoms with Crippen LogP contribution in [0.4, 0.5) is 0 Å². The Bertz CT molecular complexity index is 414. The van der Waals surface area contributed by atoms with Gasteiger partial charge in [0.05, 0.1) is 6.61 Å². The SMILES string of the molecule is CCCCC(C)(C)CNCCCOc1ccc(SC(C)C)cc1. The van der Waals surface area contributed by atoms with Gasteiger partial charge >= 0.3 is 0 Å². The van der Waals surface area contributed by atoms with Gasteiger partial charge in [0.15, 0.2) is 0 Å². The molecule has 0 aromatic heterocycles. The molecule has 0 unspecified atom stereocenters. The molecule has 0 saturated heterocycles. The van der Waals surface area contributed by atoms with E-state index in [1.54, 1.807) is 0 Å². The van der Waals surface area contributed by atoms with Gasteiger partial charge in [-0.2, -0.15) is 0 Å². The van der Waals surface area contributed by atoms with Gasteiger partial charge in [-0.15, -0.1) is 11.8 Å². The fourth-order valence-corrected chi connectivity index (χ4v) is 3.28. The Hall–Kier alpha value is -0.670. The van der Waals surface area contributed by atoms with Crippen LogP contribution in [0.1, 0.15) is 60.3 Å². The maximum atomic E-state index is 5.81. The Kier molecular flexibility index (Phi) is 9.73. The van der Waals surface area contributed by atoms with Crippen molar-refractivity contribution >= 4 is 11.8 Å². The van der Waals surface area contributed by atoms with Crippen molar-refractivity contribution in [2.24, 2.45) is 5.41 Å². The van der Waals surface area contributed by atoms with Gasteiger partial charge in [0.1, 0.15) is 5.75 Å². The first kappa shape index (κ1) is 20.4. The van der Waals surface area contributed by atoms with E-state index in [1.165, 1.54) is 24.2 Å². The van der Waals surface area contributed by atoms with E-state index >= 15 is 0 Å². The third kappa shape index (κ3) is 9.93. The van der Waals surface area contributed by atoms with Gasteiger partial charge in [0.2, 0.25) is 0 Å². The molecule has 0 aliphatic rings. The third-order valence-corrected chi connectivity index (χ3v) is 4.79. The fourth-order valence-electron chi connectivity index (χ4n) is 2.44. The monoisotopic (exact) mass is 337 g/mol. The Morgan fingerprint density at radius 2 is 1.83 bits per heavy atom. The van der Waals surface area contributed by atoms with Gasteiger partial charge in [-0.05, 0) is 49.1 Å². The van der Waals surface area contributed by atoms with E-state index in [0.717, 1.165) is 31.9 Å². The molecule has 0 bridgehead atoms. The molecule has 3 heteroatoms. The van der Waals surface area contributed by atoms with Gasteiger partial charge in [-0.1, -0.05) is 47.5 Å². The molecule has 0 aliphatic carbocycles. The molecular weight excluding hydrogens is 302 g/mol. The minimum absolute atomic E-state index is 0.404. The van der Waals surface area contributed by atoms with Gasteiger partial charge in [0, 0.05) is 16.7 Å². The molecule has 0 heterocycles. The summed E-state index contributed by atoms with van der Waals surface area (Å²) in [5.41, 5.74) is 0.404. The van der Waals surface area contributed by atoms with Crippen LogP contribution in [0.15, 0.2) is 29.2 Å². The zero-order valence-electron chi connectivity index (χ0n) is 15.7. The summed E-state index contributed by atoms with van der Waals surface area (Å²) in [6.07, 6.45) is 4.95. The van der Waals surface area contributed by atoms with Crippen LogP contribution in [-0.2, 0) is 0 Å². The summed E-state index contributed by atoms with van der Waals surface area (Å²) < 4.78 is 5.81. The highest BCUT2D eigenvalue weighted by Gasteiger charge is 2.15. The standard InChI is InChI=1S/C20H35NOS/c1-6-7-13-20(4,5)16-21-14-8-15-22-18-9-11-19(12-10-18)23-17(2)3/h9-12,17,21H,6-8,13-16H2,1-5H3. The minimum atomic E-state index is 0.404. The fraction of sp³-hybridized carbons (Fsp3) is 0.700. The van der Waals surface area contributed by atoms with Crippen molar-refractivity contribution in [1.29, 1.82) is 0 Å². The van der Waals surface area contributed by atoms with Crippen LogP contribution in [-0.4, -0.2) is 24.9 Å². The lowest BCUT2D eigenvalue weighted by Crippen LogP contribution is -2.30. The Morgan fingerprint density at radius 3 is 2.43 bits per heavy atom. The van der Waals surface area contributed by atoms with Crippen molar-refractivity contribution in [2.75, 3.05) is 19.7 Å². The molecule has 0 spiro atoms. The summed E-state index contributed by atoms with van der Waals surface area (Å²) >= 11 is 1.88. The van der Waals surface area contributed by atoms with E-state index in [0.29, 0.717) is 10.7 Å². The van der Waals surface area contributed by atoms with E-state index in [9.17, 15) is 0 Å². The molecule has 0 aliphatic heterocycles. The van der Waals surface area contributed by atoms with Crippen LogP contribution in [0.2, 0.25) is 0 Å². The van der Waals surface area contributed by atoms with Crippen LogP contribution in [0, 0.1) is 5.41 Å². The van der Waals surface area contributed by atoms with Gasteiger partial charge < -0.3 is 10.1 Å². The van der Waals surface area contributed by atoms with Crippen LogP contribution >= 0.6 is 11.8 Å². The number of hydrogen-bond acceptors (Lipinski definition) is 3. The molecule has 1 aromatic rings. The van der Waals surface area contributed by atoms with Crippen molar-refractivity contribution in [3.63, 3.8) is 0 Å². The number of rotatable bonds is 12. The Labute approximate surface area is 147 Å². The lowest BCUT2D eigenvalue weighted by molar-refractivity contribution is 0.283. The second-order valence-electron chi connectivity index (χ2n) is 7.28. The van der Waals surface area contributed by atoms with Gasteiger partial charge in [-0.25, -0.2) is 0 Å². The quantitative estimate of drug-likeness (QED) is 0.387. The summed E-state index contributed by atoms with van der Waals surface area (Å²) in [6, 6.07) is 8.45. The van der Waals surface area contributed by atoms with Crippen molar-refractivity contribution in [3.05, 3.63) is 24.3 Å². The molecule has 0 radical (unpaired) electrons. The molecule has 2 nitrogen and oxygen atoms in total. The molecule has 0 saturated carbocycles. The molecule has 0 fully saturated rings. The first-order valence-electron chi connectivity index (χ1n) is 9.03. The Morgan fingerprint density at radius 1 is 1.13 bits per heavy atom. The highest BCUT2D eigenvalue weighted by Crippen LogP contribution is 2.25. The zero-order valence-corrected chi connectivity index (χ0v) is 16.5. The molecule has 0 amide bonds. The smallest absolute Gasteiger partial charge is 0.119 e. The second kappa shape index (κ2) is 11.0. The molecule has 1 N–H and O–H groups in total. The third-order valence-electron chi connectivity index (χ3n) is 3.77. The van der Waals surface area contributed by atoms with Crippen LogP contribution in [0.25, 0.3) is 0 Å². The van der Waals surface area contributed by atoms with E-state index < -0.39 is 0 Å². The normalized spacial score (nSPS) is 11.9. The lowest BCUT2D eigenvalue weighted by atomic mass is 9.87. The largest absolute Gasteiger partial charge is 0.494 e. The summed E-state index contributed by atoms with van der Waals surface area (Å²) in [5, 5.41) is 4.19. The van der Waals surface area contributed by atoms with E-state index in [-0.39, 0.29) is 0 Å². The van der Waals surface area contributed by atoms with Crippen LogP contribution in [0.3, 0.4) is 0 Å². The maximum absolute atomic E-state index is 5.81. The highest BCUT2D eigenvalue weighted by atomic mass is 32.2. The predicted molar refractivity (Wildman–Crippen MR) is 104 cm³/mol. The lowest BCUT2D eigenvalue weighted by Gasteiger charge is -2.24. The molecular formula is C20H35NOS. The van der Waals surface area contributed by atoms with E-state index in [1.807, 2.05) is 11.8 Å². The molecule has 132 valence electrons. The van der Waals surface area contributed by atoms with Crippen molar-refractivity contribution < 1.29 is 4.74 Å². The average molecular weight is 338 g/mol. The maximum Gasteiger partial charge on any atom is 0.119 e. The average Bonchev–Trinajstić information content (AvgIpc) is 2.50. The molecule has 23 heavy (non-hydrogen) atoms. The van der Waals surface area contributed by atoms with Crippen LogP contribution < -0.4 is 10.1 Å². The number of thioether (sulfide) groups is 1. The van der Waals surface area contributed by atoms with Crippen LogP contribution in [0.5, 0.6) is 5.75 Å². The molecule has 0 atom stereocenters. The minimum Gasteiger partial charge on any atom is -0.494 e. The summed E-state index contributed by atoms with van der Waals surface area (Å²) in [6.45, 7) is 14.3. The van der Waals surface area contributed by atoms with E-state index in [4.69, 9.17) is 4.74 Å². The zero-order chi connectivity index (χ0) is 17.1. The van der Waals surface area contributed by atoms with Crippen molar-refractivity contribution in [2.45, 2.75) is 70.4 Å². The summed E-state index contributed by atoms with van der Waals surface area (Å²) in [7, 11) is 0. The highest BCUT2D eigenvalue weighted by molar-refractivity contribution is 7.99. The second-order valence-corrected chi connectivity index (χ2v) is 8.93. The van der Waals surface area contributed by atoms with Gasteiger partial charge in [-0.3, -0.25) is 0 Å². The molecule has 1 rings (SSSR count). The first-order chi connectivity index (χ1) is 10.9. The molecule has 1 aromatic carbocycles. The van der Waals surface area contributed by atoms with E-state index in [2.05, 4.69) is 64.2 Å². The van der Waals surface area contributed by atoms with Crippen molar-refractivity contribution in [3.8, 4) is 5.75 Å². The predicted octanol–water partition coefficient (Wildman–Crippen LogP) is 5.76. The topological polar surface area (TPSA) is 21.3 Å². The first-order valence-corrected chi connectivity index (χ1v) is 9.91.